The van der Waals surface area contributed by atoms with Gasteiger partial charge >= 0.3 is 6.03 Å². The van der Waals surface area contributed by atoms with E-state index in [1.807, 2.05) is 4.90 Å². The van der Waals surface area contributed by atoms with E-state index in [0.717, 1.165) is 51.3 Å². The van der Waals surface area contributed by atoms with Gasteiger partial charge in [-0.15, -0.1) is 0 Å². The van der Waals surface area contributed by atoms with E-state index in [9.17, 15) is 4.79 Å². The number of hydrogen-bond acceptors (Lipinski definition) is 3. The molecule has 0 unspecified atom stereocenters. The van der Waals surface area contributed by atoms with Crippen molar-refractivity contribution in [3.63, 3.8) is 0 Å². The molecule has 30 heavy (non-hydrogen) atoms. The number of carbonyl (C=O) groups excluding carboxylic acids is 1. The van der Waals surface area contributed by atoms with Crippen LogP contribution < -0.4 is 5.32 Å². The molecule has 0 radical (unpaired) electrons. The molecular weight excluding hydrogens is 421 g/mol. The molecule has 1 saturated heterocycles. The Morgan fingerprint density at radius 3 is 2.47 bits per heavy atom. The van der Waals surface area contributed by atoms with Gasteiger partial charge in [0.1, 0.15) is 0 Å². The molecule has 1 aliphatic heterocycles. The SMILES string of the molecule is CCc1ccc(CN(CCCN2CCOCC2)C(=O)Nc2ccc(Cl)cc2Cl)cc1. The number of rotatable bonds is 8. The fraction of sp³-hybridized carbons (Fsp3) is 0.435. The zero-order valence-corrected chi connectivity index (χ0v) is 18.9. The summed E-state index contributed by atoms with van der Waals surface area (Å²) in [5, 5.41) is 3.90. The highest BCUT2D eigenvalue weighted by Crippen LogP contribution is 2.25. The Morgan fingerprint density at radius 2 is 1.80 bits per heavy atom. The van der Waals surface area contributed by atoms with Crippen LogP contribution >= 0.6 is 23.2 Å². The Kier molecular flexibility index (Phi) is 8.82. The van der Waals surface area contributed by atoms with Gasteiger partial charge in [0.2, 0.25) is 0 Å². The smallest absolute Gasteiger partial charge is 0.322 e. The number of amides is 2. The maximum absolute atomic E-state index is 13.0. The number of halogens is 2. The van der Waals surface area contributed by atoms with Crippen molar-refractivity contribution < 1.29 is 9.53 Å². The third-order valence-corrected chi connectivity index (χ3v) is 5.82. The van der Waals surface area contributed by atoms with Gasteiger partial charge in [-0.1, -0.05) is 54.4 Å². The van der Waals surface area contributed by atoms with Crippen molar-refractivity contribution in [2.75, 3.05) is 44.7 Å². The average molecular weight is 450 g/mol. The summed E-state index contributed by atoms with van der Waals surface area (Å²) < 4.78 is 5.41. The fourth-order valence-corrected chi connectivity index (χ4v) is 3.90. The molecular formula is C23H29Cl2N3O2. The molecule has 0 aliphatic carbocycles. The maximum atomic E-state index is 13.0. The van der Waals surface area contributed by atoms with Gasteiger partial charge in [-0.05, 0) is 42.2 Å². The maximum Gasteiger partial charge on any atom is 0.322 e. The largest absolute Gasteiger partial charge is 0.379 e. The molecule has 2 aromatic carbocycles. The normalized spacial score (nSPS) is 14.5. The first-order valence-corrected chi connectivity index (χ1v) is 11.2. The highest BCUT2D eigenvalue weighted by molar-refractivity contribution is 6.36. The van der Waals surface area contributed by atoms with Gasteiger partial charge in [0.25, 0.3) is 0 Å². The van der Waals surface area contributed by atoms with E-state index < -0.39 is 0 Å². The van der Waals surface area contributed by atoms with Crippen LogP contribution in [0.1, 0.15) is 24.5 Å². The topological polar surface area (TPSA) is 44.8 Å². The summed E-state index contributed by atoms with van der Waals surface area (Å²) in [6.45, 7) is 7.75. The summed E-state index contributed by atoms with van der Waals surface area (Å²) in [5.74, 6) is 0. The lowest BCUT2D eigenvalue weighted by molar-refractivity contribution is 0.0365. The number of urea groups is 1. The molecule has 162 valence electrons. The Balaban J connectivity index is 1.65. The van der Waals surface area contributed by atoms with Gasteiger partial charge in [0.15, 0.2) is 0 Å². The van der Waals surface area contributed by atoms with E-state index in [2.05, 4.69) is 41.4 Å². The Bertz CT molecular complexity index is 824. The van der Waals surface area contributed by atoms with Crippen molar-refractivity contribution in [1.82, 2.24) is 9.80 Å². The second-order valence-electron chi connectivity index (χ2n) is 7.45. The molecule has 5 nitrogen and oxygen atoms in total. The Hall–Kier alpha value is -1.79. The van der Waals surface area contributed by atoms with E-state index in [1.165, 1.54) is 5.56 Å². The lowest BCUT2D eigenvalue weighted by Crippen LogP contribution is -2.40. The number of hydrogen-bond donors (Lipinski definition) is 1. The summed E-state index contributed by atoms with van der Waals surface area (Å²) in [6, 6.07) is 13.3. The average Bonchev–Trinajstić information content (AvgIpc) is 2.76. The van der Waals surface area contributed by atoms with Crippen LogP contribution in [-0.2, 0) is 17.7 Å². The van der Waals surface area contributed by atoms with Crippen LogP contribution in [0.4, 0.5) is 10.5 Å². The predicted molar refractivity (Wildman–Crippen MR) is 124 cm³/mol. The molecule has 1 heterocycles. The first-order valence-electron chi connectivity index (χ1n) is 10.4. The molecule has 0 spiro atoms. The van der Waals surface area contributed by atoms with Gasteiger partial charge in [-0.2, -0.15) is 0 Å². The van der Waals surface area contributed by atoms with Crippen LogP contribution in [0.3, 0.4) is 0 Å². The monoisotopic (exact) mass is 449 g/mol. The summed E-state index contributed by atoms with van der Waals surface area (Å²) in [7, 11) is 0. The zero-order chi connectivity index (χ0) is 21.3. The second-order valence-corrected chi connectivity index (χ2v) is 8.30. The molecule has 7 heteroatoms. The number of benzene rings is 2. The molecule has 0 bridgehead atoms. The van der Waals surface area contributed by atoms with Gasteiger partial charge in [-0.25, -0.2) is 4.79 Å². The lowest BCUT2D eigenvalue weighted by Gasteiger charge is -2.28. The lowest BCUT2D eigenvalue weighted by atomic mass is 10.1. The van der Waals surface area contributed by atoms with Gasteiger partial charge in [0.05, 0.1) is 23.9 Å². The molecule has 1 fully saturated rings. The molecule has 2 amide bonds. The Labute approximate surface area is 188 Å². The first kappa shape index (κ1) is 22.9. The van der Waals surface area contributed by atoms with Crippen molar-refractivity contribution in [1.29, 1.82) is 0 Å². The van der Waals surface area contributed by atoms with Crippen molar-refractivity contribution in [2.24, 2.45) is 0 Å². The number of aryl methyl sites for hydroxylation is 1. The quantitative estimate of drug-likeness (QED) is 0.593. The number of nitrogens with zero attached hydrogens (tertiary/aromatic N) is 2. The number of nitrogens with one attached hydrogen (secondary N) is 1. The van der Waals surface area contributed by atoms with Crippen LogP contribution in [0, 0.1) is 0 Å². The number of ether oxygens (including phenoxy) is 1. The van der Waals surface area contributed by atoms with Crippen LogP contribution in [0.2, 0.25) is 10.0 Å². The van der Waals surface area contributed by atoms with E-state index >= 15 is 0 Å². The summed E-state index contributed by atoms with van der Waals surface area (Å²) in [4.78, 5) is 17.3. The summed E-state index contributed by atoms with van der Waals surface area (Å²) in [6.07, 6.45) is 1.90. The van der Waals surface area contributed by atoms with Crippen molar-refractivity contribution in [3.05, 3.63) is 63.6 Å². The minimum Gasteiger partial charge on any atom is -0.379 e. The molecule has 0 aromatic heterocycles. The minimum atomic E-state index is -0.166. The standard InChI is InChI=1S/C23H29Cl2N3O2/c1-2-18-4-6-19(7-5-18)17-28(11-3-10-27-12-14-30-15-13-27)23(29)26-22-9-8-20(24)16-21(22)25/h4-9,16H,2-3,10-15,17H2,1H3,(H,26,29). The molecule has 2 aromatic rings. The Morgan fingerprint density at radius 1 is 1.10 bits per heavy atom. The van der Waals surface area contributed by atoms with E-state index in [4.69, 9.17) is 27.9 Å². The molecule has 1 N–H and O–H groups in total. The summed E-state index contributed by atoms with van der Waals surface area (Å²) in [5.41, 5.74) is 2.96. The summed E-state index contributed by atoms with van der Waals surface area (Å²) >= 11 is 12.2. The van der Waals surface area contributed by atoms with E-state index in [0.29, 0.717) is 28.8 Å². The number of carbonyl (C=O) groups is 1. The third-order valence-electron chi connectivity index (χ3n) is 5.27. The molecule has 0 saturated carbocycles. The van der Waals surface area contributed by atoms with Crippen LogP contribution in [0.25, 0.3) is 0 Å². The zero-order valence-electron chi connectivity index (χ0n) is 17.4. The van der Waals surface area contributed by atoms with E-state index in [1.54, 1.807) is 18.2 Å². The number of morpholine rings is 1. The molecule has 1 aliphatic rings. The van der Waals surface area contributed by atoms with Gasteiger partial charge in [-0.3, -0.25) is 4.90 Å². The first-order chi connectivity index (χ1) is 14.5. The second kappa shape index (κ2) is 11.6. The fourth-order valence-electron chi connectivity index (χ4n) is 3.45. The van der Waals surface area contributed by atoms with Crippen molar-refractivity contribution in [3.8, 4) is 0 Å². The molecule has 3 rings (SSSR count). The van der Waals surface area contributed by atoms with Crippen molar-refractivity contribution in [2.45, 2.75) is 26.3 Å². The third kappa shape index (κ3) is 6.88. The van der Waals surface area contributed by atoms with Crippen molar-refractivity contribution >= 4 is 34.9 Å². The van der Waals surface area contributed by atoms with Gasteiger partial charge < -0.3 is 15.0 Å². The predicted octanol–water partition coefficient (Wildman–Crippen LogP) is 5.31. The van der Waals surface area contributed by atoms with Crippen LogP contribution in [-0.4, -0.2) is 55.2 Å². The molecule has 0 atom stereocenters. The highest BCUT2D eigenvalue weighted by atomic mass is 35.5. The minimum absolute atomic E-state index is 0.166. The van der Waals surface area contributed by atoms with Crippen LogP contribution in [0.5, 0.6) is 0 Å². The van der Waals surface area contributed by atoms with Gasteiger partial charge in [0, 0.05) is 37.7 Å². The number of anilines is 1. The highest BCUT2D eigenvalue weighted by Gasteiger charge is 2.17. The van der Waals surface area contributed by atoms with Crippen LogP contribution in [0.15, 0.2) is 42.5 Å². The van der Waals surface area contributed by atoms with E-state index in [-0.39, 0.29) is 6.03 Å².